The molecule has 0 spiro atoms. The molecule has 0 bridgehead atoms. The summed E-state index contributed by atoms with van der Waals surface area (Å²) in [4.78, 5) is 4.34. The van der Waals surface area contributed by atoms with E-state index in [4.69, 9.17) is 4.74 Å². The normalized spacial score (nSPS) is 12.8. The molecule has 0 unspecified atom stereocenters. The largest absolute Gasteiger partial charge is 0.493 e. The highest BCUT2D eigenvalue weighted by molar-refractivity contribution is 5.75. The van der Waals surface area contributed by atoms with E-state index in [0.29, 0.717) is 0 Å². The summed E-state index contributed by atoms with van der Waals surface area (Å²) in [7, 11) is 1.50. The fourth-order valence-corrected chi connectivity index (χ4v) is 2.53. The van der Waals surface area contributed by atoms with Crippen molar-refractivity contribution < 1.29 is 4.74 Å². The fourth-order valence-electron chi connectivity index (χ4n) is 2.53. The molecule has 2 heterocycles. The lowest BCUT2D eigenvalue weighted by Crippen LogP contribution is -2.09. The molecule has 1 aromatic heterocycles. The number of benzene rings is 1. The Labute approximate surface area is 120 Å². The maximum Gasteiger partial charge on any atom is 0.130 e. The SMILES string of the molecule is CN.Cc1nccc(-c2cccc3c2OCCC3)c1C. The van der Waals surface area contributed by atoms with Gasteiger partial charge in [0.05, 0.1) is 6.61 Å². The predicted molar refractivity (Wildman–Crippen MR) is 83.1 cm³/mol. The number of hydrogen-bond donors (Lipinski definition) is 1. The zero-order chi connectivity index (χ0) is 14.5. The number of hydrogen-bond acceptors (Lipinski definition) is 3. The van der Waals surface area contributed by atoms with Gasteiger partial charge in [0.2, 0.25) is 0 Å². The number of aryl methyl sites for hydroxylation is 2. The van der Waals surface area contributed by atoms with Crippen molar-refractivity contribution in [2.45, 2.75) is 26.7 Å². The van der Waals surface area contributed by atoms with E-state index in [0.717, 1.165) is 30.9 Å². The van der Waals surface area contributed by atoms with Gasteiger partial charge in [-0.3, -0.25) is 4.98 Å². The van der Waals surface area contributed by atoms with Crippen molar-refractivity contribution in [2.24, 2.45) is 5.73 Å². The molecule has 1 aliphatic heterocycles. The zero-order valence-electron chi connectivity index (χ0n) is 12.4. The molecule has 3 nitrogen and oxygen atoms in total. The molecule has 0 amide bonds. The van der Waals surface area contributed by atoms with Gasteiger partial charge < -0.3 is 10.5 Å². The Morgan fingerprint density at radius 2 is 1.90 bits per heavy atom. The van der Waals surface area contributed by atoms with Crippen molar-refractivity contribution in [1.29, 1.82) is 0 Å². The number of para-hydroxylation sites is 1. The maximum atomic E-state index is 5.88. The van der Waals surface area contributed by atoms with Crippen LogP contribution in [0.4, 0.5) is 0 Å². The summed E-state index contributed by atoms with van der Waals surface area (Å²) in [5.41, 5.74) is 10.6. The Morgan fingerprint density at radius 3 is 2.70 bits per heavy atom. The summed E-state index contributed by atoms with van der Waals surface area (Å²) in [5.74, 6) is 1.07. The van der Waals surface area contributed by atoms with E-state index in [-0.39, 0.29) is 0 Å². The van der Waals surface area contributed by atoms with Crippen molar-refractivity contribution in [3.63, 3.8) is 0 Å². The molecule has 20 heavy (non-hydrogen) atoms. The van der Waals surface area contributed by atoms with Gasteiger partial charge in [-0.15, -0.1) is 0 Å². The fraction of sp³-hybridized carbons (Fsp3) is 0.353. The summed E-state index contributed by atoms with van der Waals surface area (Å²) in [6.45, 7) is 5.00. The summed E-state index contributed by atoms with van der Waals surface area (Å²) in [5, 5.41) is 0. The van der Waals surface area contributed by atoms with Crippen molar-refractivity contribution >= 4 is 0 Å². The first-order chi connectivity index (χ1) is 9.77. The standard InChI is InChI=1S/C16H17NO.CH5N/c1-11-12(2)17-9-8-14(11)15-7-3-5-13-6-4-10-18-16(13)15;1-2/h3,5,7-9H,4,6,10H2,1-2H3;2H2,1H3. The second kappa shape index (κ2) is 6.53. The van der Waals surface area contributed by atoms with E-state index in [1.165, 1.54) is 29.3 Å². The third kappa shape index (κ3) is 2.68. The van der Waals surface area contributed by atoms with E-state index in [1.54, 1.807) is 0 Å². The summed E-state index contributed by atoms with van der Waals surface area (Å²) < 4.78 is 5.88. The Hall–Kier alpha value is -1.87. The summed E-state index contributed by atoms with van der Waals surface area (Å²) in [6.07, 6.45) is 4.11. The molecule has 106 valence electrons. The van der Waals surface area contributed by atoms with E-state index in [9.17, 15) is 0 Å². The molecule has 0 saturated carbocycles. The number of nitrogens with two attached hydrogens (primary N) is 1. The van der Waals surface area contributed by atoms with E-state index in [1.807, 2.05) is 6.20 Å². The van der Waals surface area contributed by atoms with E-state index >= 15 is 0 Å². The lowest BCUT2D eigenvalue weighted by molar-refractivity contribution is 0.289. The van der Waals surface area contributed by atoms with Gasteiger partial charge in [0.1, 0.15) is 5.75 Å². The number of aromatic nitrogens is 1. The molecule has 0 atom stereocenters. The number of nitrogens with zero attached hydrogens (tertiary/aromatic N) is 1. The highest BCUT2D eigenvalue weighted by Gasteiger charge is 2.16. The number of fused-ring (bicyclic) bond motifs is 1. The zero-order valence-corrected chi connectivity index (χ0v) is 12.4. The van der Waals surface area contributed by atoms with Crippen LogP contribution < -0.4 is 10.5 Å². The van der Waals surface area contributed by atoms with Crippen LogP contribution in [0, 0.1) is 13.8 Å². The molecule has 2 aromatic rings. The molecular weight excluding hydrogens is 248 g/mol. The average Bonchev–Trinajstić information content (AvgIpc) is 2.52. The first kappa shape index (κ1) is 14.5. The Bertz CT molecular complexity index is 594. The second-order valence-electron chi connectivity index (χ2n) is 4.81. The molecule has 3 heteroatoms. The lowest BCUT2D eigenvalue weighted by atomic mass is 9.95. The van der Waals surface area contributed by atoms with Crippen molar-refractivity contribution in [2.75, 3.05) is 13.7 Å². The van der Waals surface area contributed by atoms with Crippen LogP contribution in [0.15, 0.2) is 30.5 Å². The van der Waals surface area contributed by atoms with Crippen molar-refractivity contribution in [1.82, 2.24) is 4.98 Å². The Morgan fingerprint density at radius 1 is 1.10 bits per heavy atom. The first-order valence-corrected chi connectivity index (χ1v) is 7.02. The van der Waals surface area contributed by atoms with Crippen LogP contribution in [-0.4, -0.2) is 18.6 Å². The highest BCUT2D eigenvalue weighted by atomic mass is 16.5. The first-order valence-electron chi connectivity index (χ1n) is 7.02. The topological polar surface area (TPSA) is 48.1 Å². The van der Waals surface area contributed by atoms with Gasteiger partial charge in [0.25, 0.3) is 0 Å². The molecule has 0 radical (unpaired) electrons. The van der Waals surface area contributed by atoms with Crippen LogP contribution in [0.3, 0.4) is 0 Å². The van der Waals surface area contributed by atoms with E-state index < -0.39 is 0 Å². The minimum Gasteiger partial charge on any atom is -0.493 e. The number of rotatable bonds is 1. The number of ether oxygens (including phenoxy) is 1. The van der Waals surface area contributed by atoms with Crippen LogP contribution in [-0.2, 0) is 6.42 Å². The molecule has 0 saturated heterocycles. The molecule has 0 fully saturated rings. The molecule has 3 rings (SSSR count). The van der Waals surface area contributed by atoms with Gasteiger partial charge in [-0.05, 0) is 56.5 Å². The molecule has 1 aromatic carbocycles. The smallest absolute Gasteiger partial charge is 0.130 e. The molecule has 0 aliphatic carbocycles. The van der Waals surface area contributed by atoms with Crippen LogP contribution >= 0.6 is 0 Å². The number of pyridine rings is 1. The Balaban J connectivity index is 0.000000704. The van der Waals surface area contributed by atoms with E-state index in [2.05, 4.69) is 48.8 Å². The van der Waals surface area contributed by atoms with Crippen LogP contribution in [0.2, 0.25) is 0 Å². The lowest BCUT2D eigenvalue weighted by Gasteiger charge is -2.21. The van der Waals surface area contributed by atoms with Gasteiger partial charge in [-0.1, -0.05) is 18.2 Å². The van der Waals surface area contributed by atoms with Gasteiger partial charge >= 0.3 is 0 Å². The molecular formula is C17H22N2O. The molecule has 2 N–H and O–H groups in total. The van der Waals surface area contributed by atoms with Gasteiger partial charge in [-0.2, -0.15) is 0 Å². The quantitative estimate of drug-likeness (QED) is 0.865. The van der Waals surface area contributed by atoms with Gasteiger partial charge in [0.15, 0.2) is 0 Å². The summed E-state index contributed by atoms with van der Waals surface area (Å²) >= 11 is 0. The third-order valence-corrected chi connectivity index (χ3v) is 3.68. The highest BCUT2D eigenvalue weighted by Crippen LogP contribution is 2.37. The van der Waals surface area contributed by atoms with Gasteiger partial charge in [0, 0.05) is 17.5 Å². The third-order valence-electron chi connectivity index (χ3n) is 3.68. The van der Waals surface area contributed by atoms with Crippen LogP contribution in [0.25, 0.3) is 11.1 Å². The second-order valence-corrected chi connectivity index (χ2v) is 4.81. The maximum absolute atomic E-state index is 5.88. The van der Waals surface area contributed by atoms with Gasteiger partial charge in [-0.25, -0.2) is 0 Å². The summed E-state index contributed by atoms with van der Waals surface area (Å²) in [6, 6.07) is 8.52. The van der Waals surface area contributed by atoms with Crippen LogP contribution in [0.1, 0.15) is 23.2 Å². The Kier molecular flexibility index (Phi) is 4.74. The van der Waals surface area contributed by atoms with Crippen LogP contribution in [0.5, 0.6) is 5.75 Å². The van der Waals surface area contributed by atoms with Crippen molar-refractivity contribution in [3.05, 3.63) is 47.3 Å². The monoisotopic (exact) mass is 270 g/mol. The minimum atomic E-state index is 0.827. The predicted octanol–water partition coefficient (Wildman–Crippen LogP) is 3.27. The minimum absolute atomic E-state index is 0.827. The molecule has 1 aliphatic rings. The van der Waals surface area contributed by atoms with Crippen molar-refractivity contribution in [3.8, 4) is 16.9 Å². The average molecular weight is 270 g/mol.